The molecule has 0 aliphatic heterocycles. The van der Waals surface area contributed by atoms with Crippen LogP contribution in [0.25, 0.3) is 0 Å². The lowest BCUT2D eigenvalue weighted by molar-refractivity contribution is -0.144. The normalized spacial score (nSPS) is 13.4. The van der Waals surface area contributed by atoms with Crippen molar-refractivity contribution in [2.75, 3.05) is 6.61 Å². The van der Waals surface area contributed by atoms with Gasteiger partial charge in [-0.2, -0.15) is 0 Å². The van der Waals surface area contributed by atoms with Crippen LogP contribution >= 0.6 is 0 Å². The van der Waals surface area contributed by atoms with Gasteiger partial charge in [-0.15, -0.1) is 0 Å². The third kappa shape index (κ3) is 10.0. The molecule has 0 atom stereocenters. The third-order valence-electron chi connectivity index (χ3n) is 11.6. The van der Waals surface area contributed by atoms with Crippen LogP contribution in [-0.2, 0) is 54.0 Å². The molecule has 0 radical (unpaired) electrons. The summed E-state index contributed by atoms with van der Waals surface area (Å²) in [5.74, 6) is -0.193. The number of carbonyl (C=O) groups excluding carboxylic acids is 1. The lowest BCUT2D eigenvalue weighted by Crippen LogP contribution is -2.44. The first-order valence-corrected chi connectivity index (χ1v) is 21.2. The van der Waals surface area contributed by atoms with Crippen LogP contribution in [0.15, 0.2) is 50.8 Å². The van der Waals surface area contributed by atoms with Gasteiger partial charge in [0.2, 0.25) is 0 Å². The number of carbonyl (C=O) groups is 1. The van der Waals surface area contributed by atoms with Crippen molar-refractivity contribution in [2.45, 2.75) is 175 Å². The summed E-state index contributed by atoms with van der Waals surface area (Å²) in [4.78, 5) is 55.8. The number of H-pyrrole nitrogens is 2. The van der Waals surface area contributed by atoms with Crippen molar-refractivity contribution in [1.82, 2.24) is 14.5 Å². The Bertz CT molecular complexity index is 2160. The lowest BCUT2D eigenvalue weighted by Gasteiger charge is -2.41. The molecule has 0 amide bonds. The minimum Gasteiger partial charge on any atom is -0.507 e. The molecule has 4 aromatic rings. The van der Waals surface area contributed by atoms with Gasteiger partial charge < -0.3 is 20.1 Å². The van der Waals surface area contributed by atoms with E-state index in [0.29, 0.717) is 50.1 Å². The third-order valence-corrected chi connectivity index (χ3v) is 11.6. The Labute approximate surface area is 361 Å². The summed E-state index contributed by atoms with van der Waals surface area (Å²) in [6.07, 6.45) is -0.308. The average Bonchev–Trinajstić information content (AvgIpc) is 3.05. The fourth-order valence-corrected chi connectivity index (χ4v) is 8.05. The summed E-state index contributed by atoms with van der Waals surface area (Å²) in [6, 6.07) is 11.8. The van der Waals surface area contributed by atoms with Crippen LogP contribution in [0.5, 0.6) is 17.2 Å². The second-order valence-electron chi connectivity index (χ2n) is 22.9. The number of hydrogen-bond donors (Lipinski definition) is 5. The van der Waals surface area contributed by atoms with Gasteiger partial charge in [-0.1, -0.05) is 161 Å². The summed E-state index contributed by atoms with van der Waals surface area (Å²) in [5.41, 5.74) is -1.55. The number of nitrogens with zero attached hydrogens (tertiary/aromatic N) is 1. The van der Waals surface area contributed by atoms with Gasteiger partial charge in [0.05, 0.1) is 18.4 Å². The maximum atomic E-state index is 14.9. The number of phenols is 3. The van der Waals surface area contributed by atoms with Crippen molar-refractivity contribution in [3.05, 3.63) is 118 Å². The van der Waals surface area contributed by atoms with Crippen LogP contribution < -0.4 is 17.1 Å². The molecule has 0 saturated carbocycles. The van der Waals surface area contributed by atoms with Crippen molar-refractivity contribution >= 4 is 5.97 Å². The van der Waals surface area contributed by atoms with Gasteiger partial charge in [0.25, 0.3) is 0 Å². The SMILES string of the molecule is CC(C)(C)c1cc(C(CC(=O)OCCn2c(=O)[nH]c(=O)[nH]c2=O)(c2cc(C(C)(C)C)c(O)c(C(C)(C)C)c2)c2cc(C(C)(C)C)c(O)c(C(C)(C)C)c2)cc(C(C)(C)C)c1O. The van der Waals surface area contributed by atoms with E-state index in [1.54, 1.807) is 0 Å². The number of hydrogen-bond acceptors (Lipinski definition) is 8. The largest absolute Gasteiger partial charge is 0.507 e. The Kier molecular flexibility index (Phi) is 12.8. The van der Waals surface area contributed by atoms with Gasteiger partial charge in [-0.25, -0.2) is 19.0 Å². The molecule has 0 aliphatic carbocycles. The molecule has 11 heteroatoms. The highest BCUT2D eigenvalue weighted by Gasteiger charge is 2.45. The molecule has 5 N–H and O–H groups in total. The van der Waals surface area contributed by atoms with E-state index >= 15 is 0 Å². The summed E-state index contributed by atoms with van der Waals surface area (Å²) in [5, 5.41) is 36.3. The molecule has 0 spiro atoms. The number of aromatic nitrogens is 3. The van der Waals surface area contributed by atoms with E-state index < -0.39 is 60.9 Å². The maximum absolute atomic E-state index is 14.9. The van der Waals surface area contributed by atoms with Crippen molar-refractivity contribution < 1.29 is 24.9 Å². The van der Waals surface area contributed by atoms with Gasteiger partial charge in [-0.3, -0.25) is 14.8 Å². The Morgan fingerprint density at radius 2 is 0.738 bits per heavy atom. The van der Waals surface area contributed by atoms with E-state index in [1.165, 1.54) is 0 Å². The summed E-state index contributed by atoms with van der Waals surface area (Å²) < 4.78 is 6.72. The molecule has 334 valence electrons. The zero-order chi connectivity index (χ0) is 46.8. The van der Waals surface area contributed by atoms with Crippen molar-refractivity contribution in [3.63, 3.8) is 0 Å². The van der Waals surface area contributed by atoms with Crippen LogP contribution in [0.3, 0.4) is 0 Å². The van der Waals surface area contributed by atoms with Gasteiger partial charge in [0.15, 0.2) is 0 Å². The number of rotatable bonds is 8. The molecule has 0 fully saturated rings. The standard InChI is InChI=1S/C50H71N3O8/c1-44(2,3)31-21-28(22-32(38(31)55)45(4,5)6)50(27-37(54)61-20-19-53-42(59)51-41(58)52-43(53)60,29-23-33(46(7,8)9)39(56)34(24-29)47(10,11)12)30-25-35(48(13,14)15)40(57)36(26-30)49(16,17)18/h21-26,55-57H,19-20,27H2,1-18H3,(H2,51,52,58,59,60). The lowest BCUT2D eigenvalue weighted by atomic mass is 9.62. The predicted molar refractivity (Wildman–Crippen MR) is 244 cm³/mol. The molecule has 0 bridgehead atoms. The number of nitrogens with one attached hydrogen (secondary N) is 2. The molecular formula is C50H71N3O8. The van der Waals surface area contributed by atoms with Crippen molar-refractivity contribution in [2.24, 2.45) is 0 Å². The molecule has 1 aromatic heterocycles. The first-order valence-electron chi connectivity index (χ1n) is 21.2. The van der Waals surface area contributed by atoms with Gasteiger partial charge >= 0.3 is 23.0 Å². The molecule has 11 nitrogen and oxygen atoms in total. The number of aromatic amines is 2. The molecule has 1 heterocycles. The zero-order valence-corrected chi connectivity index (χ0v) is 39.9. The minimum atomic E-state index is -1.42. The zero-order valence-electron chi connectivity index (χ0n) is 39.9. The Hall–Kier alpha value is -5.06. The minimum absolute atomic E-state index is 0.157. The Balaban J connectivity index is 2.35. The molecule has 0 saturated heterocycles. The van der Waals surface area contributed by atoms with Crippen LogP contribution in [0.2, 0.25) is 0 Å². The summed E-state index contributed by atoms with van der Waals surface area (Å²) >= 11 is 0. The molecule has 4 rings (SSSR count). The van der Waals surface area contributed by atoms with Gasteiger partial charge in [-0.05, 0) is 82.6 Å². The monoisotopic (exact) mass is 842 g/mol. The second-order valence-corrected chi connectivity index (χ2v) is 22.9. The molecular weight excluding hydrogens is 771 g/mol. The van der Waals surface area contributed by atoms with E-state index in [-0.39, 0.29) is 36.8 Å². The second kappa shape index (κ2) is 16.0. The first kappa shape index (κ1) is 48.6. The molecule has 61 heavy (non-hydrogen) atoms. The fraction of sp³-hybridized carbons (Fsp3) is 0.560. The number of benzene rings is 3. The van der Waals surface area contributed by atoms with E-state index in [9.17, 15) is 34.5 Å². The van der Waals surface area contributed by atoms with Gasteiger partial charge in [0.1, 0.15) is 23.9 Å². The molecule has 0 unspecified atom stereocenters. The number of phenolic OH excluding ortho intramolecular Hbond substituents is 3. The van der Waals surface area contributed by atoms with E-state index in [2.05, 4.69) is 0 Å². The highest BCUT2D eigenvalue weighted by Crippen LogP contribution is 2.53. The topological polar surface area (TPSA) is 175 Å². The van der Waals surface area contributed by atoms with Crippen molar-refractivity contribution in [3.8, 4) is 17.2 Å². The van der Waals surface area contributed by atoms with E-state index in [4.69, 9.17) is 4.74 Å². The van der Waals surface area contributed by atoms with Crippen molar-refractivity contribution in [1.29, 1.82) is 0 Å². The number of aromatic hydroxyl groups is 3. The Morgan fingerprint density at radius 1 is 0.492 bits per heavy atom. The number of esters is 1. The highest BCUT2D eigenvalue weighted by atomic mass is 16.5. The number of ether oxygens (including phenoxy) is 1. The van der Waals surface area contributed by atoms with Crippen LogP contribution in [0.1, 0.15) is 181 Å². The van der Waals surface area contributed by atoms with Crippen LogP contribution in [0.4, 0.5) is 0 Å². The van der Waals surface area contributed by atoms with Crippen LogP contribution in [0, 0.1) is 0 Å². The van der Waals surface area contributed by atoms with Gasteiger partial charge in [0, 0.05) is 0 Å². The fourth-order valence-electron chi connectivity index (χ4n) is 8.05. The average molecular weight is 842 g/mol. The summed E-state index contributed by atoms with van der Waals surface area (Å²) in [7, 11) is 0. The predicted octanol–water partition coefficient (Wildman–Crippen LogP) is 9.09. The maximum Gasteiger partial charge on any atom is 0.333 e. The smallest absolute Gasteiger partial charge is 0.333 e. The quantitative estimate of drug-likeness (QED) is 0.0863. The highest BCUT2D eigenvalue weighted by molar-refractivity contribution is 5.76. The van der Waals surface area contributed by atoms with E-state index in [0.717, 1.165) is 4.57 Å². The summed E-state index contributed by atoms with van der Waals surface area (Å²) in [6.45, 7) is 35.8. The molecule has 3 aromatic carbocycles. The first-order chi connectivity index (χ1) is 27.4. The molecule has 0 aliphatic rings. The van der Waals surface area contributed by atoms with Crippen LogP contribution in [-0.4, -0.2) is 42.4 Å². The van der Waals surface area contributed by atoms with E-state index in [1.807, 2.05) is 171 Å². The Morgan fingerprint density at radius 3 is 0.967 bits per heavy atom.